The van der Waals surface area contributed by atoms with E-state index in [2.05, 4.69) is 39.9 Å². The Balaban J connectivity index is 1.98. The molecule has 0 bridgehead atoms. The number of rotatable bonds is 6. The standard InChI is InChI=1S/C16H23BrFNS/c1-2-19-15(9-12-5-7-20-8-6-12)11-13-10-14(18)3-4-16(13)17/h3-4,10,12,15,19H,2,5-9,11H2,1H3. The topological polar surface area (TPSA) is 12.0 Å². The van der Waals surface area contributed by atoms with Crippen molar-refractivity contribution in [1.82, 2.24) is 5.32 Å². The monoisotopic (exact) mass is 359 g/mol. The molecule has 1 heterocycles. The smallest absolute Gasteiger partial charge is 0.123 e. The molecule has 0 aromatic heterocycles. The van der Waals surface area contributed by atoms with Gasteiger partial charge in [-0.3, -0.25) is 0 Å². The van der Waals surface area contributed by atoms with Crippen LogP contribution in [0.4, 0.5) is 4.39 Å². The second kappa shape index (κ2) is 8.40. The van der Waals surface area contributed by atoms with Gasteiger partial charge in [0.2, 0.25) is 0 Å². The third-order valence-corrected chi connectivity index (χ3v) is 5.75. The average molecular weight is 360 g/mol. The fraction of sp³-hybridized carbons (Fsp3) is 0.625. The maximum Gasteiger partial charge on any atom is 0.123 e. The number of hydrogen-bond donors (Lipinski definition) is 1. The highest BCUT2D eigenvalue weighted by atomic mass is 79.9. The van der Waals surface area contributed by atoms with Crippen molar-refractivity contribution in [2.24, 2.45) is 5.92 Å². The molecule has 0 spiro atoms. The fourth-order valence-electron chi connectivity index (χ4n) is 2.88. The summed E-state index contributed by atoms with van der Waals surface area (Å²) in [6.07, 6.45) is 4.76. The molecule has 112 valence electrons. The molecule has 1 fully saturated rings. The van der Waals surface area contributed by atoms with E-state index in [1.165, 1.54) is 36.8 Å². The van der Waals surface area contributed by atoms with Gasteiger partial charge in [-0.25, -0.2) is 4.39 Å². The SMILES string of the molecule is CCNC(Cc1cc(F)ccc1Br)CC1CCSCC1. The molecule has 4 heteroatoms. The van der Waals surface area contributed by atoms with E-state index in [1.54, 1.807) is 6.07 Å². The first kappa shape index (κ1) is 16.3. The van der Waals surface area contributed by atoms with Gasteiger partial charge in [0, 0.05) is 10.5 Å². The molecule has 1 saturated heterocycles. The average Bonchev–Trinajstić information content (AvgIpc) is 2.44. The summed E-state index contributed by atoms with van der Waals surface area (Å²) in [5.41, 5.74) is 1.07. The molecular weight excluding hydrogens is 337 g/mol. The van der Waals surface area contributed by atoms with Crippen LogP contribution in [0.3, 0.4) is 0 Å². The van der Waals surface area contributed by atoms with Gasteiger partial charge in [0.05, 0.1) is 0 Å². The number of nitrogens with one attached hydrogen (secondary N) is 1. The van der Waals surface area contributed by atoms with Gasteiger partial charge >= 0.3 is 0 Å². The van der Waals surface area contributed by atoms with Gasteiger partial charge in [-0.05, 0) is 73.4 Å². The minimum absolute atomic E-state index is 0.146. The van der Waals surface area contributed by atoms with Gasteiger partial charge in [0.25, 0.3) is 0 Å². The minimum atomic E-state index is -0.146. The number of halogens is 2. The van der Waals surface area contributed by atoms with E-state index >= 15 is 0 Å². The lowest BCUT2D eigenvalue weighted by atomic mass is 9.91. The van der Waals surface area contributed by atoms with Crippen molar-refractivity contribution in [2.75, 3.05) is 18.1 Å². The number of benzene rings is 1. The highest BCUT2D eigenvalue weighted by Gasteiger charge is 2.19. The van der Waals surface area contributed by atoms with Crippen LogP contribution in [-0.4, -0.2) is 24.1 Å². The first-order valence-electron chi connectivity index (χ1n) is 7.44. The van der Waals surface area contributed by atoms with Gasteiger partial charge in [-0.15, -0.1) is 0 Å². The lowest BCUT2D eigenvalue weighted by Gasteiger charge is -2.27. The predicted molar refractivity (Wildman–Crippen MR) is 89.9 cm³/mol. The lowest BCUT2D eigenvalue weighted by Crippen LogP contribution is -2.34. The first-order chi connectivity index (χ1) is 9.69. The molecule has 0 saturated carbocycles. The van der Waals surface area contributed by atoms with Crippen molar-refractivity contribution in [3.05, 3.63) is 34.1 Å². The third-order valence-electron chi connectivity index (χ3n) is 3.93. The Labute approximate surface area is 134 Å². The number of likely N-dealkylation sites (N-methyl/N-ethyl adjacent to an activating group) is 1. The van der Waals surface area contributed by atoms with E-state index in [1.807, 2.05) is 6.07 Å². The molecule has 1 nitrogen and oxygen atoms in total. The van der Waals surface area contributed by atoms with Crippen LogP contribution in [0.25, 0.3) is 0 Å². The number of hydrogen-bond acceptors (Lipinski definition) is 2. The maximum atomic E-state index is 13.4. The van der Waals surface area contributed by atoms with E-state index in [4.69, 9.17) is 0 Å². The summed E-state index contributed by atoms with van der Waals surface area (Å²) in [5.74, 6) is 3.28. The summed E-state index contributed by atoms with van der Waals surface area (Å²) in [6, 6.07) is 5.43. The minimum Gasteiger partial charge on any atom is -0.314 e. The molecule has 1 N–H and O–H groups in total. The molecule has 1 unspecified atom stereocenters. The molecule has 1 aromatic rings. The van der Waals surface area contributed by atoms with Gasteiger partial charge in [0.15, 0.2) is 0 Å². The van der Waals surface area contributed by atoms with Gasteiger partial charge in [-0.1, -0.05) is 22.9 Å². The highest BCUT2D eigenvalue weighted by Crippen LogP contribution is 2.28. The Morgan fingerprint density at radius 1 is 1.40 bits per heavy atom. The van der Waals surface area contributed by atoms with Crippen LogP contribution in [0, 0.1) is 11.7 Å². The lowest BCUT2D eigenvalue weighted by molar-refractivity contribution is 0.366. The molecule has 2 rings (SSSR count). The van der Waals surface area contributed by atoms with Crippen LogP contribution in [0.5, 0.6) is 0 Å². The van der Waals surface area contributed by atoms with Crippen LogP contribution < -0.4 is 5.32 Å². The first-order valence-corrected chi connectivity index (χ1v) is 9.39. The van der Waals surface area contributed by atoms with Crippen LogP contribution in [-0.2, 0) is 6.42 Å². The van der Waals surface area contributed by atoms with Crippen molar-refractivity contribution in [1.29, 1.82) is 0 Å². The molecule has 1 atom stereocenters. The van der Waals surface area contributed by atoms with E-state index in [-0.39, 0.29) is 5.82 Å². The zero-order valence-electron chi connectivity index (χ0n) is 12.0. The molecule has 1 aromatic carbocycles. The molecule has 0 aliphatic carbocycles. The van der Waals surface area contributed by atoms with E-state index in [9.17, 15) is 4.39 Å². The molecular formula is C16H23BrFNS. The molecule has 0 radical (unpaired) electrons. The van der Waals surface area contributed by atoms with Crippen LogP contribution in [0.15, 0.2) is 22.7 Å². The molecule has 20 heavy (non-hydrogen) atoms. The molecule has 1 aliphatic rings. The van der Waals surface area contributed by atoms with E-state index in [0.29, 0.717) is 6.04 Å². The van der Waals surface area contributed by atoms with Crippen molar-refractivity contribution >= 4 is 27.7 Å². The van der Waals surface area contributed by atoms with Gasteiger partial charge in [0.1, 0.15) is 5.82 Å². The Kier molecular flexibility index (Phi) is 6.85. The zero-order valence-corrected chi connectivity index (χ0v) is 14.4. The second-order valence-electron chi connectivity index (χ2n) is 5.49. The zero-order chi connectivity index (χ0) is 14.4. The molecule has 0 amide bonds. The van der Waals surface area contributed by atoms with Gasteiger partial charge in [-0.2, -0.15) is 11.8 Å². The summed E-state index contributed by atoms with van der Waals surface area (Å²) in [5, 5.41) is 3.57. The summed E-state index contributed by atoms with van der Waals surface area (Å²) in [6.45, 7) is 3.11. The van der Waals surface area contributed by atoms with Crippen molar-refractivity contribution < 1.29 is 4.39 Å². The molecule has 1 aliphatic heterocycles. The van der Waals surface area contributed by atoms with E-state index < -0.39 is 0 Å². The van der Waals surface area contributed by atoms with Crippen molar-refractivity contribution in [3.63, 3.8) is 0 Å². The number of thioether (sulfide) groups is 1. The normalized spacial score (nSPS) is 18.1. The maximum absolute atomic E-state index is 13.4. The highest BCUT2D eigenvalue weighted by molar-refractivity contribution is 9.10. The van der Waals surface area contributed by atoms with Crippen molar-refractivity contribution in [3.8, 4) is 0 Å². The van der Waals surface area contributed by atoms with Crippen LogP contribution in [0.1, 0.15) is 31.7 Å². The Hall–Kier alpha value is -0.0600. The fourth-order valence-corrected chi connectivity index (χ4v) is 4.49. The second-order valence-corrected chi connectivity index (χ2v) is 7.56. The van der Waals surface area contributed by atoms with Gasteiger partial charge < -0.3 is 5.32 Å². The van der Waals surface area contributed by atoms with Crippen LogP contribution in [0.2, 0.25) is 0 Å². The Bertz CT molecular complexity index is 421. The summed E-state index contributed by atoms with van der Waals surface area (Å²) >= 11 is 5.61. The quantitative estimate of drug-likeness (QED) is 0.793. The Morgan fingerprint density at radius 2 is 2.15 bits per heavy atom. The Morgan fingerprint density at radius 3 is 2.85 bits per heavy atom. The third kappa shape index (κ3) is 5.05. The summed E-state index contributed by atoms with van der Waals surface area (Å²) < 4.78 is 14.4. The summed E-state index contributed by atoms with van der Waals surface area (Å²) in [7, 11) is 0. The predicted octanol–water partition coefficient (Wildman–Crippen LogP) is 4.64. The van der Waals surface area contributed by atoms with Crippen molar-refractivity contribution in [2.45, 2.75) is 38.6 Å². The summed E-state index contributed by atoms with van der Waals surface area (Å²) in [4.78, 5) is 0. The van der Waals surface area contributed by atoms with Crippen LogP contribution >= 0.6 is 27.7 Å². The largest absolute Gasteiger partial charge is 0.314 e. The van der Waals surface area contributed by atoms with E-state index in [0.717, 1.165) is 28.9 Å².